The van der Waals surface area contributed by atoms with Crippen molar-refractivity contribution in [2.45, 2.75) is 6.61 Å². The first-order chi connectivity index (χ1) is 10.2. The van der Waals surface area contributed by atoms with Crippen LogP contribution in [0.4, 0.5) is 5.69 Å². The molecule has 0 fully saturated rings. The Bertz CT molecular complexity index is 700. The first-order valence-electron chi connectivity index (χ1n) is 6.30. The van der Waals surface area contributed by atoms with Gasteiger partial charge in [-0.25, -0.2) is 4.89 Å². The van der Waals surface area contributed by atoms with Crippen LogP contribution in [-0.4, -0.2) is 22.1 Å². The molecule has 2 N–H and O–H groups in total. The molecule has 106 valence electrons. The van der Waals surface area contributed by atoms with Gasteiger partial charge in [-0.3, -0.25) is 20.3 Å². The van der Waals surface area contributed by atoms with Gasteiger partial charge < -0.3 is 0 Å². The standard InChI is InChI=1S/C15H12N2O4/c18-14-12-7-6-10(9-21-20)8-13(12)15(19)17(14)16-11-4-2-1-3-5-11/h1-8,16,20H,9H2. The molecule has 2 aromatic rings. The summed E-state index contributed by atoms with van der Waals surface area (Å²) in [5.41, 5.74) is 4.66. The Balaban J connectivity index is 1.89. The molecule has 1 aliphatic heterocycles. The smallest absolute Gasteiger partial charge is 0.280 e. The van der Waals surface area contributed by atoms with E-state index in [1.165, 1.54) is 0 Å². The molecule has 0 unspecified atom stereocenters. The van der Waals surface area contributed by atoms with E-state index < -0.39 is 11.8 Å². The molecule has 0 aromatic heterocycles. The summed E-state index contributed by atoms with van der Waals surface area (Å²) in [6.45, 7) is -0.0408. The van der Waals surface area contributed by atoms with Crippen molar-refractivity contribution in [3.63, 3.8) is 0 Å². The highest BCUT2D eigenvalue weighted by molar-refractivity contribution is 6.22. The van der Waals surface area contributed by atoms with E-state index in [0.717, 1.165) is 5.01 Å². The topological polar surface area (TPSA) is 78.9 Å². The number of para-hydroxylation sites is 1. The first-order valence-corrected chi connectivity index (χ1v) is 6.30. The Hall–Kier alpha value is -2.70. The van der Waals surface area contributed by atoms with E-state index in [1.807, 2.05) is 6.07 Å². The van der Waals surface area contributed by atoms with Gasteiger partial charge in [0.1, 0.15) is 6.61 Å². The van der Waals surface area contributed by atoms with E-state index in [1.54, 1.807) is 42.5 Å². The molecule has 1 aliphatic rings. The Morgan fingerprint density at radius 2 is 1.71 bits per heavy atom. The third-order valence-corrected chi connectivity index (χ3v) is 3.20. The van der Waals surface area contributed by atoms with Crippen molar-refractivity contribution >= 4 is 17.5 Å². The molecule has 6 heteroatoms. The lowest BCUT2D eigenvalue weighted by atomic mass is 10.1. The molecule has 21 heavy (non-hydrogen) atoms. The fraction of sp³-hybridized carbons (Fsp3) is 0.0667. The van der Waals surface area contributed by atoms with Crippen molar-refractivity contribution in [1.82, 2.24) is 5.01 Å². The molecular weight excluding hydrogens is 272 g/mol. The van der Waals surface area contributed by atoms with Crippen LogP contribution < -0.4 is 5.43 Å². The summed E-state index contributed by atoms with van der Waals surface area (Å²) in [6.07, 6.45) is 0. The highest BCUT2D eigenvalue weighted by Gasteiger charge is 2.36. The average Bonchev–Trinajstić information content (AvgIpc) is 2.74. The van der Waals surface area contributed by atoms with Crippen LogP contribution in [0.25, 0.3) is 0 Å². The number of fused-ring (bicyclic) bond motifs is 1. The Morgan fingerprint density at radius 1 is 1.00 bits per heavy atom. The van der Waals surface area contributed by atoms with Gasteiger partial charge in [-0.15, -0.1) is 0 Å². The molecule has 0 radical (unpaired) electrons. The Kier molecular flexibility index (Phi) is 3.39. The predicted molar refractivity (Wildman–Crippen MR) is 74.4 cm³/mol. The van der Waals surface area contributed by atoms with Gasteiger partial charge in [0.05, 0.1) is 16.8 Å². The number of hydrogen-bond donors (Lipinski definition) is 2. The molecule has 0 atom stereocenters. The van der Waals surface area contributed by atoms with Crippen molar-refractivity contribution in [2.75, 3.05) is 5.43 Å². The molecule has 2 aromatic carbocycles. The van der Waals surface area contributed by atoms with E-state index in [-0.39, 0.29) is 12.2 Å². The van der Waals surface area contributed by atoms with E-state index in [2.05, 4.69) is 10.3 Å². The minimum atomic E-state index is -0.432. The number of benzene rings is 2. The number of amides is 2. The molecule has 3 rings (SSSR count). The van der Waals surface area contributed by atoms with E-state index >= 15 is 0 Å². The van der Waals surface area contributed by atoms with Crippen LogP contribution in [0, 0.1) is 0 Å². The average molecular weight is 284 g/mol. The monoisotopic (exact) mass is 284 g/mol. The van der Waals surface area contributed by atoms with Gasteiger partial charge in [0.2, 0.25) is 0 Å². The number of nitrogens with one attached hydrogen (secondary N) is 1. The van der Waals surface area contributed by atoms with Gasteiger partial charge in [0.15, 0.2) is 0 Å². The molecule has 0 saturated heterocycles. The molecule has 0 aliphatic carbocycles. The lowest BCUT2D eigenvalue weighted by Gasteiger charge is -2.16. The van der Waals surface area contributed by atoms with Crippen LogP contribution in [0.2, 0.25) is 0 Å². The summed E-state index contributed by atoms with van der Waals surface area (Å²) < 4.78 is 0. The Morgan fingerprint density at radius 3 is 2.43 bits per heavy atom. The lowest BCUT2D eigenvalue weighted by Crippen LogP contribution is -2.35. The molecule has 2 amide bonds. The van der Waals surface area contributed by atoms with Crippen molar-refractivity contribution in [3.8, 4) is 0 Å². The van der Waals surface area contributed by atoms with Crippen molar-refractivity contribution in [2.24, 2.45) is 0 Å². The number of carbonyl (C=O) groups is 2. The maximum atomic E-state index is 12.3. The third kappa shape index (κ3) is 2.37. The number of rotatable bonds is 4. The second-order valence-corrected chi connectivity index (χ2v) is 4.58. The molecular formula is C15H12N2O4. The van der Waals surface area contributed by atoms with Gasteiger partial charge in [0, 0.05) is 0 Å². The van der Waals surface area contributed by atoms with E-state index in [4.69, 9.17) is 5.26 Å². The van der Waals surface area contributed by atoms with Gasteiger partial charge in [-0.2, -0.15) is 5.01 Å². The highest BCUT2D eigenvalue weighted by Crippen LogP contribution is 2.25. The summed E-state index contributed by atoms with van der Waals surface area (Å²) in [5.74, 6) is -0.839. The molecule has 6 nitrogen and oxygen atoms in total. The minimum absolute atomic E-state index is 0.0408. The Labute approximate surface area is 120 Å². The normalized spacial score (nSPS) is 13.5. The molecule has 0 spiro atoms. The van der Waals surface area contributed by atoms with Crippen molar-refractivity contribution in [3.05, 3.63) is 65.2 Å². The van der Waals surface area contributed by atoms with Crippen LogP contribution >= 0.6 is 0 Å². The van der Waals surface area contributed by atoms with Crippen molar-refractivity contribution < 1.29 is 19.7 Å². The fourth-order valence-electron chi connectivity index (χ4n) is 2.20. The second-order valence-electron chi connectivity index (χ2n) is 4.58. The largest absolute Gasteiger partial charge is 0.288 e. The SMILES string of the molecule is O=C1c2ccc(COO)cc2C(=O)N1Nc1ccccc1. The minimum Gasteiger partial charge on any atom is -0.288 e. The quantitative estimate of drug-likeness (QED) is 0.511. The highest BCUT2D eigenvalue weighted by atomic mass is 17.1. The zero-order chi connectivity index (χ0) is 14.8. The molecule has 0 bridgehead atoms. The maximum absolute atomic E-state index is 12.3. The number of hydrogen-bond acceptors (Lipinski definition) is 5. The maximum Gasteiger partial charge on any atom is 0.280 e. The lowest BCUT2D eigenvalue weighted by molar-refractivity contribution is -0.253. The number of hydrazine groups is 1. The molecule has 1 heterocycles. The third-order valence-electron chi connectivity index (χ3n) is 3.20. The zero-order valence-electron chi connectivity index (χ0n) is 10.9. The van der Waals surface area contributed by atoms with Crippen LogP contribution in [0.1, 0.15) is 26.3 Å². The zero-order valence-corrected chi connectivity index (χ0v) is 10.9. The number of nitrogens with zero attached hydrogens (tertiary/aromatic N) is 1. The summed E-state index contributed by atoms with van der Waals surface area (Å²) in [7, 11) is 0. The summed E-state index contributed by atoms with van der Waals surface area (Å²) in [5, 5.41) is 9.43. The number of carbonyl (C=O) groups excluding carboxylic acids is 2. The first kappa shape index (κ1) is 13.3. The summed E-state index contributed by atoms with van der Waals surface area (Å²) >= 11 is 0. The van der Waals surface area contributed by atoms with E-state index in [9.17, 15) is 9.59 Å². The van der Waals surface area contributed by atoms with E-state index in [0.29, 0.717) is 16.8 Å². The molecule has 0 saturated carbocycles. The van der Waals surface area contributed by atoms with Crippen LogP contribution in [0.3, 0.4) is 0 Å². The fourth-order valence-corrected chi connectivity index (χ4v) is 2.20. The predicted octanol–water partition coefficient (Wildman–Crippen LogP) is 2.30. The van der Waals surface area contributed by atoms with Crippen LogP contribution in [0.15, 0.2) is 48.5 Å². The summed E-state index contributed by atoms with van der Waals surface area (Å²) in [6, 6.07) is 13.7. The number of anilines is 1. The van der Waals surface area contributed by atoms with Gasteiger partial charge in [0.25, 0.3) is 11.8 Å². The van der Waals surface area contributed by atoms with Crippen molar-refractivity contribution in [1.29, 1.82) is 0 Å². The van der Waals surface area contributed by atoms with Gasteiger partial charge in [-0.05, 0) is 29.8 Å². The van der Waals surface area contributed by atoms with Gasteiger partial charge >= 0.3 is 0 Å². The van der Waals surface area contributed by atoms with Crippen LogP contribution in [0.5, 0.6) is 0 Å². The second kappa shape index (κ2) is 5.35. The van der Waals surface area contributed by atoms with Gasteiger partial charge in [-0.1, -0.05) is 24.3 Å². The van der Waals surface area contributed by atoms with Crippen LogP contribution in [-0.2, 0) is 11.5 Å². The number of imide groups is 1. The summed E-state index contributed by atoms with van der Waals surface area (Å²) in [4.78, 5) is 28.6.